The predicted molar refractivity (Wildman–Crippen MR) is 104 cm³/mol. The van der Waals surface area contributed by atoms with Gasteiger partial charge in [-0.3, -0.25) is 4.79 Å². The molecule has 3 nitrogen and oxygen atoms in total. The second-order valence-corrected chi connectivity index (χ2v) is 7.03. The number of benzene rings is 2. The molecule has 2 aromatic carbocycles. The Morgan fingerprint density at radius 3 is 2.19 bits per heavy atom. The van der Waals surface area contributed by atoms with Gasteiger partial charge in [0.2, 0.25) is 0 Å². The zero-order valence-electron chi connectivity index (χ0n) is 16.3. The number of hydrogen-bond donors (Lipinski definition) is 1. The summed E-state index contributed by atoms with van der Waals surface area (Å²) in [6.07, 6.45) is 0. The summed E-state index contributed by atoms with van der Waals surface area (Å²) < 4.78 is 0. The molecule has 0 bridgehead atoms. The number of allylic oxidation sites excluding steroid dienone is 2. The van der Waals surface area contributed by atoms with Crippen LogP contribution < -0.4 is 0 Å². The highest BCUT2D eigenvalue weighted by Gasteiger charge is 2.29. The average Bonchev–Trinajstić information content (AvgIpc) is 2.57. The molecule has 26 heavy (non-hydrogen) atoms. The highest BCUT2D eigenvalue weighted by Crippen LogP contribution is 2.42. The first-order chi connectivity index (χ1) is 12.2. The minimum Gasteiger partial charge on any atom is -0.508 e. The minimum atomic E-state index is -0.370. The molecule has 0 aliphatic rings. The minimum absolute atomic E-state index is 0.0148. The maximum absolute atomic E-state index is 12.5. The summed E-state index contributed by atoms with van der Waals surface area (Å²) in [7, 11) is 0. The van der Waals surface area contributed by atoms with Crippen molar-refractivity contribution in [1.29, 1.82) is 5.26 Å². The van der Waals surface area contributed by atoms with Crippen LogP contribution in [0.4, 0.5) is 0 Å². The van der Waals surface area contributed by atoms with Gasteiger partial charge in [0.05, 0.1) is 11.6 Å². The fourth-order valence-electron chi connectivity index (χ4n) is 3.56. The van der Waals surface area contributed by atoms with Gasteiger partial charge < -0.3 is 5.11 Å². The molecule has 0 aromatic heterocycles. The molecule has 0 saturated carbocycles. The van der Waals surface area contributed by atoms with Crippen LogP contribution >= 0.6 is 0 Å². The molecule has 0 heterocycles. The van der Waals surface area contributed by atoms with Crippen molar-refractivity contribution in [3.8, 4) is 11.8 Å². The van der Waals surface area contributed by atoms with E-state index in [1.807, 2.05) is 52.8 Å². The summed E-state index contributed by atoms with van der Waals surface area (Å²) in [5.41, 5.74) is 6.83. The maximum atomic E-state index is 12.5. The number of phenols is 1. The van der Waals surface area contributed by atoms with Gasteiger partial charge >= 0.3 is 0 Å². The molecule has 2 aromatic rings. The van der Waals surface area contributed by atoms with Gasteiger partial charge in [0, 0.05) is 17.1 Å². The topological polar surface area (TPSA) is 61.1 Å². The van der Waals surface area contributed by atoms with E-state index >= 15 is 0 Å². The molecule has 0 aliphatic carbocycles. The Bertz CT molecular complexity index is 941. The molecule has 0 spiro atoms. The Hall–Kier alpha value is -2.86. The third kappa shape index (κ3) is 3.55. The van der Waals surface area contributed by atoms with Crippen molar-refractivity contribution in [2.45, 2.75) is 47.5 Å². The predicted octanol–water partition coefficient (Wildman–Crippen LogP) is 5.25. The zero-order chi connectivity index (χ0) is 19.6. The fourth-order valence-corrected chi connectivity index (χ4v) is 3.56. The summed E-state index contributed by atoms with van der Waals surface area (Å²) in [5, 5.41) is 19.8. The number of carbonyl (C=O) groups is 1. The van der Waals surface area contributed by atoms with E-state index in [1.165, 1.54) is 0 Å². The van der Waals surface area contributed by atoms with Crippen molar-refractivity contribution in [2.75, 3.05) is 0 Å². The van der Waals surface area contributed by atoms with Crippen LogP contribution in [0.15, 0.2) is 41.5 Å². The molecule has 0 amide bonds. The Labute approximate surface area is 155 Å². The first kappa shape index (κ1) is 19.5. The molecular weight excluding hydrogens is 322 g/mol. The van der Waals surface area contributed by atoms with Gasteiger partial charge in [-0.1, -0.05) is 17.7 Å². The lowest BCUT2D eigenvalue weighted by molar-refractivity contribution is -0.113. The van der Waals surface area contributed by atoms with Gasteiger partial charge in [0.15, 0.2) is 5.78 Å². The van der Waals surface area contributed by atoms with Crippen LogP contribution in [0.1, 0.15) is 60.1 Å². The molecule has 0 radical (unpaired) electrons. The van der Waals surface area contributed by atoms with E-state index in [0.717, 1.165) is 33.4 Å². The number of carbonyl (C=O) groups excluding carboxylic acids is 1. The fraction of sp³-hybridized carbons (Fsp3) is 0.304. The van der Waals surface area contributed by atoms with Crippen molar-refractivity contribution in [2.24, 2.45) is 0 Å². The first-order valence-corrected chi connectivity index (χ1v) is 8.67. The number of phenolic OH excluding ortho intramolecular Hbond substituents is 1. The largest absolute Gasteiger partial charge is 0.508 e. The Morgan fingerprint density at radius 2 is 1.69 bits per heavy atom. The Morgan fingerprint density at radius 1 is 1.04 bits per heavy atom. The van der Waals surface area contributed by atoms with Crippen molar-refractivity contribution < 1.29 is 9.90 Å². The van der Waals surface area contributed by atoms with Crippen LogP contribution in [0.3, 0.4) is 0 Å². The quantitative estimate of drug-likeness (QED) is 0.769. The number of hydrogen-bond acceptors (Lipinski definition) is 3. The smallest absolute Gasteiger partial charge is 0.156 e. The second-order valence-electron chi connectivity index (χ2n) is 7.03. The van der Waals surface area contributed by atoms with Crippen LogP contribution in [0.2, 0.25) is 0 Å². The van der Waals surface area contributed by atoms with Crippen LogP contribution in [0, 0.1) is 32.1 Å². The molecule has 0 unspecified atom stereocenters. The number of aromatic hydroxyl groups is 1. The van der Waals surface area contributed by atoms with Gasteiger partial charge in [-0.05, 0) is 82.0 Å². The van der Waals surface area contributed by atoms with Crippen molar-refractivity contribution in [3.05, 3.63) is 74.9 Å². The molecule has 0 saturated heterocycles. The van der Waals surface area contributed by atoms with E-state index in [1.54, 1.807) is 19.1 Å². The zero-order valence-corrected chi connectivity index (χ0v) is 16.3. The number of nitrogens with zero attached hydrogens (tertiary/aromatic N) is 1. The molecule has 134 valence electrons. The third-order valence-electron chi connectivity index (χ3n) is 4.97. The van der Waals surface area contributed by atoms with Gasteiger partial charge in [0.25, 0.3) is 0 Å². The van der Waals surface area contributed by atoms with E-state index in [0.29, 0.717) is 11.1 Å². The highest BCUT2D eigenvalue weighted by molar-refractivity contribution is 5.96. The number of Topliss-reactive ketones (excluding diaryl/α,β-unsaturated/α-hetero) is 1. The van der Waals surface area contributed by atoms with E-state index < -0.39 is 0 Å². The lowest BCUT2D eigenvalue weighted by atomic mass is 9.77. The maximum Gasteiger partial charge on any atom is 0.156 e. The Kier molecular flexibility index (Phi) is 5.67. The molecule has 2 rings (SSSR count). The monoisotopic (exact) mass is 347 g/mol. The summed E-state index contributed by atoms with van der Waals surface area (Å²) in [4.78, 5) is 12.5. The van der Waals surface area contributed by atoms with Crippen LogP contribution in [-0.2, 0) is 4.79 Å². The van der Waals surface area contributed by atoms with Gasteiger partial charge in [0.1, 0.15) is 5.75 Å². The summed E-state index contributed by atoms with van der Waals surface area (Å²) in [6, 6.07) is 11.2. The summed E-state index contributed by atoms with van der Waals surface area (Å²) in [5.74, 6) is -0.203. The Balaban J connectivity index is 2.91. The molecule has 1 atom stereocenters. The number of rotatable bonds is 4. The third-order valence-corrected chi connectivity index (χ3v) is 4.97. The normalized spacial score (nSPS) is 11.6. The van der Waals surface area contributed by atoms with Crippen LogP contribution in [0.5, 0.6) is 5.75 Å². The molecular formula is C23H25NO2. The van der Waals surface area contributed by atoms with Crippen LogP contribution in [0.25, 0.3) is 0 Å². The first-order valence-electron chi connectivity index (χ1n) is 8.67. The number of ketones is 1. The number of aryl methyl sites for hydroxylation is 2. The highest BCUT2D eigenvalue weighted by atomic mass is 16.3. The van der Waals surface area contributed by atoms with Gasteiger partial charge in [-0.25, -0.2) is 0 Å². The lowest BCUT2D eigenvalue weighted by Gasteiger charge is -2.26. The lowest BCUT2D eigenvalue weighted by Crippen LogP contribution is -2.15. The average molecular weight is 347 g/mol. The number of nitriles is 1. The SMILES string of the molecule is CC(=O)C(=C(C)C)[C@H](c1ccc(C#N)cc1C)c1c(O)ccc(C)c1C. The molecule has 0 aliphatic heterocycles. The standard InChI is InChI=1S/C23H25NO2/c1-13(2)21(17(6)25)23(19-9-8-18(12-24)11-15(19)4)22-16(5)14(3)7-10-20(22)26/h7-11,23,26H,1-6H3/t23-/m0/s1. The molecule has 1 N–H and O–H groups in total. The van der Waals surface area contributed by atoms with Gasteiger partial charge in [-0.2, -0.15) is 5.26 Å². The van der Waals surface area contributed by atoms with Crippen molar-refractivity contribution in [1.82, 2.24) is 0 Å². The van der Waals surface area contributed by atoms with Crippen LogP contribution in [-0.4, -0.2) is 10.9 Å². The second kappa shape index (κ2) is 7.58. The van der Waals surface area contributed by atoms with Gasteiger partial charge in [-0.15, -0.1) is 0 Å². The van der Waals surface area contributed by atoms with Crippen molar-refractivity contribution >= 4 is 5.78 Å². The molecule has 3 heteroatoms. The summed E-state index contributed by atoms with van der Waals surface area (Å²) in [6.45, 7) is 11.3. The van der Waals surface area contributed by atoms with E-state index in [-0.39, 0.29) is 17.5 Å². The van der Waals surface area contributed by atoms with Crippen molar-refractivity contribution in [3.63, 3.8) is 0 Å². The van der Waals surface area contributed by atoms with E-state index in [9.17, 15) is 9.90 Å². The summed E-state index contributed by atoms with van der Waals surface area (Å²) >= 11 is 0. The van der Waals surface area contributed by atoms with E-state index in [2.05, 4.69) is 6.07 Å². The van der Waals surface area contributed by atoms with E-state index in [4.69, 9.17) is 5.26 Å². The molecule has 0 fully saturated rings.